The minimum atomic E-state index is -1.13. The molecule has 0 atom stereocenters. The topological polar surface area (TPSA) is 101 Å². The van der Waals surface area contributed by atoms with Crippen molar-refractivity contribution in [3.63, 3.8) is 0 Å². The van der Waals surface area contributed by atoms with Crippen LogP contribution in [0, 0.1) is 0 Å². The minimum Gasteiger partial charge on any atom is -0.497 e. The molecule has 25 heavy (non-hydrogen) atoms. The van der Waals surface area contributed by atoms with E-state index in [1.54, 1.807) is 7.11 Å². The highest BCUT2D eigenvalue weighted by Gasteiger charge is 2.11. The van der Waals surface area contributed by atoms with Gasteiger partial charge in [-0.15, -0.1) is 0 Å². The third-order valence-electron chi connectivity index (χ3n) is 4.01. The van der Waals surface area contributed by atoms with E-state index in [2.05, 4.69) is 4.98 Å². The number of ether oxygens (including phenoxy) is 1. The first-order valence-corrected chi connectivity index (χ1v) is 7.62. The summed E-state index contributed by atoms with van der Waals surface area (Å²) in [7, 11) is 1.58. The van der Waals surface area contributed by atoms with Gasteiger partial charge in [0.05, 0.1) is 23.6 Å². The fourth-order valence-corrected chi connectivity index (χ4v) is 2.62. The van der Waals surface area contributed by atoms with E-state index < -0.39 is 17.2 Å². The smallest absolute Gasteiger partial charge is 0.335 e. The summed E-state index contributed by atoms with van der Waals surface area (Å²) in [5.41, 5.74) is 0.245. The third-order valence-corrected chi connectivity index (χ3v) is 4.01. The van der Waals surface area contributed by atoms with Crippen LogP contribution in [0.5, 0.6) is 5.75 Å². The Bertz CT molecular complexity index is 1050. The van der Waals surface area contributed by atoms with Gasteiger partial charge in [0, 0.05) is 6.54 Å². The summed E-state index contributed by atoms with van der Waals surface area (Å²) in [5, 5.41) is 9.24. The van der Waals surface area contributed by atoms with E-state index in [1.807, 2.05) is 24.3 Å². The minimum absolute atomic E-state index is 0.00152. The molecule has 0 saturated carbocycles. The van der Waals surface area contributed by atoms with Gasteiger partial charge in [-0.25, -0.2) is 9.59 Å². The second kappa shape index (κ2) is 6.64. The van der Waals surface area contributed by atoms with Crippen LogP contribution in [0.4, 0.5) is 0 Å². The van der Waals surface area contributed by atoms with Crippen molar-refractivity contribution in [2.45, 2.75) is 13.0 Å². The Balaban J connectivity index is 1.96. The molecule has 0 radical (unpaired) electrons. The summed E-state index contributed by atoms with van der Waals surface area (Å²) < 4.78 is 6.17. The molecule has 0 saturated heterocycles. The molecule has 1 aromatic heterocycles. The number of hydrogen-bond acceptors (Lipinski definition) is 4. The predicted molar refractivity (Wildman–Crippen MR) is 92.5 cm³/mol. The Kier molecular flexibility index (Phi) is 4.38. The first-order valence-electron chi connectivity index (χ1n) is 7.62. The number of methoxy groups -OCH3 is 1. The van der Waals surface area contributed by atoms with Crippen molar-refractivity contribution in [2.75, 3.05) is 7.11 Å². The second-order valence-corrected chi connectivity index (χ2v) is 5.55. The lowest BCUT2D eigenvalue weighted by atomic mass is 10.1. The molecule has 1 heterocycles. The van der Waals surface area contributed by atoms with Crippen molar-refractivity contribution in [1.29, 1.82) is 0 Å². The van der Waals surface area contributed by atoms with E-state index in [1.165, 1.54) is 18.2 Å². The number of nitrogens with one attached hydrogen (secondary N) is 1. The summed E-state index contributed by atoms with van der Waals surface area (Å²) in [5.74, 6) is -0.400. The number of nitrogens with zero attached hydrogens (tertiary/aromatic N) is 1. The molecule has 7 heteroatoms. The van der Waals surface area contributed by atoms with Gasteiger partial charge in [0.15, 0.2) is 0 Å². The molecule has 0 aliphatic rings. The second-order valence-electron chi connectivity index (χ2n) is 5.55. The number of hydrogen-bond donors (Lipinski definition) is 2. The SMILES string of the molecule is COc1ccc(CCn2c(=O)[nH]c3ccc(C(=O)O)cc3c2=O)cc1. The normalized spacial score (nSPS) is 10.8. The number of aromatic carboxylic acids is 1. The molecule has 2 aromatic carbocycles. The Morgan fingerprint density at radius 1 is 1.16 bits per heavy atom. The number of carboxylic acid groups (broad SMARTS) is 1. The Hall–Kier alpha value is -3.35. The highest BCUT2D eigenvalue weighted by atomic mass is 16.5. The molecule has 0 amide bonds. The number of benzene rings is 2. The van der Waals surface area contributed by atoms with Gasteiger partial charge in [0.25, 0.3) is 5.56 Å². The Labute approximate surface area is 142 Å². The van der Waals surface area contributed by atoms with Crippen LogP contribution in [0.2, 0.25) is 0 Å². The van der Waals surface area contributed by atoms with Gasteiger partial charge >= 0.3 is 11.7 Å². The number of aromatic amines is 1. The van der Waals surface area contributed by atoms with Crippen molar-refractivity contribution in [3.05, 3.63) is 74.4 Å². The number of carbonyl (C=O) groups is 1. The zero-order chi connectivity index (χ0) is 18.0. The van der Waals surface area contributed by atoms with Gasteiger partial charge in [-0.3, -0.25) is 9.36 Å². The summed E-state index contributed by atoms with van der Waals surface area (Å²) >= 11 is 0. The average Bonchev–Trinajstić information content (AvgIpc) is 2.61. The fourth-order valence-electron chi connectivity index (χ4n) is 2.62. The maximum absolute atomic E-state index is 12.6. The van der Waals surface area contributed by atoms with Gasteiger partial charge in [-0.1, -0.05) is 12.1 Å². The molecule has 0 aliphatic carbocycles. The average molecular weight is 340 g/mol. The number of aryl methyl sites for hydroxylation is 1. The predicted octanol–water partition coefficient (Wildman–Crippen LogP) is 1.64. The third kappa shape index (κ3) is 3.30. The van der Waals surface area contributed by atoms with Crippen LogP contribution in [0.3, 0.4) is 0 Å². The first-order chi connectivity index (χ1) is 12.0. The van der Waals surface area contributed by atoms with Gasteiger partial charge in [-0.05, 0) is 42.3 Å². The molecule has 0 aliphatic heterocycles. The highest BCUT2D eigenvalue weighted by molar-refractivity contribution is 5.92. The van der Waals surface area contributed by atoms with E-state index in [-0.39, 0.29) is 17.5 Å². The molecule has 0 bridgehead atoms. The van der Waals surface area contributed by atoms with Crippen molar-refractivity contribution in [2.24, 2.45) is 0 Å². The summed E-state index contributed by atoms with van der Waals surface area (Å²) in [6.45, 7) is 0.188. The number of rotatable bonds is 5. The lowest BCUT2D eigenvalue weighted by molar-refractivity contribution is 0.0697. The van der Waals surface area contributed by atoms with Crippen LogP contribution in [0.1, 0.15) is 15.9 Å². The zero-order valence-corrected chi connectivity index (χ0v) is 13.5. The number of H-pyrrole nitrogens is 1. The fraction of sp³-hybridized carbons (Fsp3) is 0.167. The molecular weight excluding hydrogens is 324 g/mol. The first kappa shape index (κ1) is 16.5. The maximum atomic E-state index is 12.6. The van der Waals surface area contributed by atoms with Gasteiger partial charge < -0.3 is 14.8 Å². The van der Waals surface area contributed by atoms with Crippen LogP contribution in [0.15, 0.2) is 52.1 Å². The molecule has 0 fully saturated rings. The van der Waals surface area contributed by atoms with Crippen molar-refractivity contribution in [3.8, 4) is 5.75 Å². The molecule has 0 unspecified atom stereocenters. The van der Waals surface area contributed by atoms with Crippen LogP contribution in [-0.2, 0) is 13.0 Å². The van der Waals surface area contributed by atoms with Crippen molar-refractivity contribution >= 4 is 16.9 Å². The van der Waals surface area contributed by atoms with Crippen molar-refractivity contribution in [1.82, 2.24) is 9.55 Å². The van der Waals surface area contributed by atoms with E-state index in [4.69, 9.17) is 9.84 Å². The Morgan fingerprint density at radius 2 is 1.88 bits per heavy atom. The molecule has 128 valence electrons. The van der Waals surface area contributed by atoms with E-state index in [0.29, 0.717) is 11.9 Å². The lowest BCUT2D eigenvalue weighted by Gasteiger charge is -2.08. The standard InChI is InChI=1S/C18H16N2O5/c1-25-13-5-2-11(3-6-13)8-9-20-16(21)14-10-12(17(22)23)4-7-15(14)19-18(20)24/h2-7,10H,8-9H2,1H3,(H,19,24)(H,22,23). The monoisotopic (exact) mass is 340 g/mol. The highest BCUT2D eigenvalue weighted by Crippen LogP contribution is 2.12. The van der Waals surface area contributed by atoms with E-state index >= 15 is 0 Å². The molecule has 0 spiro atoms. The van der Waals surface area contributed by atoms with Crippen LogP contribution < -0.4 is 16.0 Å². The van der Waals surface area contributed by atoms with E-state index in [0.717, 1.165) is 15.9 Å². The molecule has 7 nitrogen and oxygen atoms in total. The number of aromatic nitrogens is 2. The largest absolute Gasteiger partial charge is 0.497 e. The Morgan fingerprint density at radius 3 is 2.52 bits per heavy atom. The van der Waals surface area contributed by atoms with Crippen LogP contribution in [-0.4, -0.2) is 27.7 Å². The quantitative estimate of drug-likeness (QED) is 0.735. The molecular formula is C18H16N2O5. The maximum Gasteiger partial charge on any atom is 0.335 e. The van der Waals surface area contributed by atoms with Crippen LogP contribution >= 0.6 is 0 Å². The number of carboxylic acids is 1. The molecule has 3 aromatic rings. The van der Waals surface area contributed by atoms with Gasteiger partial charge in [0.2, 0.25) is 0 Å². The van der Waals surface area contributed by atoms with E-state index in [9.17, 15) is 14.4 Å². The number of fused-ring (bicyclic) bond motifs is 1. The summed E-state index contributed by atoms with van der Waals surface area (Å²) in [4.78, 5) is 38.4. The zero-order valence-electron chi connectivity index (χ0n) is 13.5. The lowest BCUT2D eigenvalue weighted by Crippen LogP contribution is -2.35. The summed E-state index contributed by atoms with van der Waals surface area (Å²) in [6, 6.07) is 11.4. The summed E-state index contributed by atoms with van der Waals surface area (Å²) in [6.07, 6.45) is 0.483. The van der Waals surface area contributed by atoms with Gasteiger partial charge in [-0.2, -0.15) is 0 Å². The van der Waals surface area contributed by atoms with Crippen molar-refractivity contribution < 1.29 is 14.6 Å². The molecule has 3 rings (SSSR count). The van der Waals surface area contributed by atoms with Gasteiger partial charge in [0.1, 0.15) is 5.75 Å². The van der Waals surface area contributed by atoms with Crippen LogP contribution in [0.25, 0.3) is 10.9 Å². The molecule has 2 N–H and O–H groups in total.